The van der Waals surface area contributed by atoms with E-state index in [-0.39, 0.29) is 24.0 Å². The summed E-state index contributed by atoms with van der Waals surface area (Å²) in [5.74, 6) is 1.94. The molecule has 1 heterocycles. The van der Waals surface area contributed by atoms with Crippen LogP contribution in [0.4, 0.5) is 13.2 Å². The number of aliphatic imine (C=N–C) groups is 1. The van der Waals surface area contributed by atoms with Crippen molar-refractivity contribution in [2.45, 2.75) is 32.0 Å². The van der Waals surface area contributed by atoms with E-state index in [0.717, 1.165) is 37.1 Å². The van der Waals surface area contributed by atoms with Gasteiger partial charge in [-0.15, -0.1) is 24.0 Å². The fourth-order valence-corrected chi connectivity index (χ4v) is 3.42. The zero-order valence-electron chi connectivity index (χ0n) is 17.4. The summed E-state index contributed by atoms with van der Waals surface area (Å²) in [5.41, 5.74) is 1.02. The van der Waals surface area contributed by atoms with Gasteiger partial charge >= 0.3 is 6.18 Å². The number of benzene rings is 1. The molecule has 9 heteroatoms. The van der Waals surface area contributed by atoms with Crippen molar-refractivity contribution in [1.29, 1.82) is 0 Å². The first-order valence-electron chi connectivity index (χ1n) is 9.96. The molecule has 1 aromatic rings. The van der Waals surface area contributed by atoms with E-state index < -0.39 is 12.7 Å². The summed E-state index contributed by atoms with van der Waals surface area (Å²) in [5, 5.41) is 6.56. The molecule has 0 bridgehead atoms. The average molecular weight is 540 g/mol. The van der Waals surface area contributed by atoms with Crippen LogP contribution in [0.2, 0.25) is 0 Å². The maximum Gasteiger partial charge on any atom is 0.401 e. The molecule has 2 N–H and O–H groups in total. The molecule has 0 saturated carbocycles. The molecule has 1 aliphatic heterocycles. The van der Waals surface area contributed by atoms with Crippen molar-refractivity contribution in [2.24, 2.45) is 10.9 Å². The lowest BCUT2D eigenvalue weighted by molar-refractivity contribution is -0.148. The van der Waals surface area contributed by atoms with E-state index in [1.54, 1.807) is 13.1 Å². The lowest BCUT2D eigenvalue weighted by Crippen LogP contribution is -2.41. The van der Waals surface area contributed by atoms with E-state index in [1.165, 1.54) is 4.90 Å². The highest BCUT2D eigenvalue weighted by molar-refractivity contribution is 14.0. The number of alkyl halides is 3. The van der Waals surface area contributed by atoms with E-state index >= 15 is 0 Å². The van der Waals surface area contributed by atoms with Gasteiger partial charge in [0.2, 0.25) is 0 Å². The van der Waals surface area contributed by atoms with Gasteiger partial charge in [-0.1, -0.05) is 30.9 Å². The molecule has 1 saturated heterocycles. The van der Waals surface area contributed by atoms with Crippen molar-refractivity contribution in [3.63, 3.8) is 0 Å². The second-order valence-corrected chi connectivity index (χ2v) is 7.18. The summed E-state index contributed by atoms with van der Waals surface area (Å²) >= 11 is 0. The molecule has 30 heavy (non-hydrogen) atoms. The highest BCUT2D eigenvalue weighted by atomic mass is 127. The van der Waals surface area contributed by atoms with Gasteiger partial charge in [0.05, 0.1) is 6.54 Å². The molecule has 170 valence electrons. The number of ether oxygens (including phenoxy) is 1. The van der Waals surface area contributed by atoms with Gasteiger partial charge in [0, 0.05) is 25.7 Å². The maximum absolute atomic E-state index is 12.5. The van der Waals surface area contributed by atoms with E-state index in [9.17, 15) is 13.2 Å². The second-order valence-electron chi connectivity index (χ2n) is 7.18. The van der Waals surface area contributed by atoms with Crippen LogP contribution in [0.25, 0.3) is 0 Å². The van der Waals surface area contributed by atoms with Crippen LogP contribution in [-0.2, 0) is 6.54 Å². The van der Waals surface area contributed by atoms with Gasteiger partial charge in [0.1, 0.15) is 12.4 Å². The van der Waals surface area contributed by atoms with Gasteiger partial charge in [-0.2, -0.15) is 13.2 Å². The molecule has 0 unspecified atom stereocenters. The third kappa shape index (κ3) is 10.0. The van der Waals surface area contributed by atoms with Crippen LogP contribution in [0.5, 0.6) is 5.75 Å². The van der Waals surface area contributed by atoms with Crippen molar-refractivity contribution in [3.8, 4) is 5.75 Å². The third-order valence-electron chi connectivity index (χ3n) is 4.95. The Bertz CT molecular complexity index is 662. The normalized spacial score (nSPS) is 15.9. The van der Waals surface area contributed by atoms with Crippen molar-refractivity contribution >= 4 is 29.9 Å². The minimum Gasteiger partial charge on any atom is -0.489 e. The first-order valence-corrected chi connectivity index (χ1v) is 9.96. The number of likely N-dealkylation sites (tertiary alicyclic amines) is 1. The number of hydrogen-bond acceptors (Lipinski definition) is 3. The van der Waals surface area contributed by atoms with Crippen LogP contribution in [0, 0.1) is 5.92 Å². The molecule has 1 aliphatic rings. The summed E-state index contributed by atoms with van der Waals surface area (Å²) in [6.07, 6.45) is 0.120. The van der Waals surface area contributed by atoms with Gasteiger partial charge in [0.25, 0.3) is 0 Å². The van der Waals surface area contributed by atoms with Crippen LogP contribution >= 0.6 is 24.0 Å². The standard InChI is InChI=1S/C21H31F3N4O.HI/c1-3-14-29-19-7-5-4-6-18(19)15-27-20(25-2)26-11-8-17-9-12-28(13-10-17)16-21(22,23)24;/h3-7,17H,1,8-16H2,2H3,(H2,25,26,27);1H. The number of rotatable bonds is 9. The number of halogens is 4. The number of nitrogens with one attached hydrogen (secondary N) is 2. The largest absolute Gasteiger partial charge is 0.489 e. The zero-order chi connectivity index (χ0) is 21.1. The fourth-order valence-electron chi connectivity index (χ4n) is 3.42. The lowest BCUT2D eigenvalue weighted by atomic mass is 9.93. The second kappa shape index (κ2) is 13.7. The van der Waals surface area contributed by atoms with Crippen LogP contribution in [0.3, 0.4) is 0 Å². The number of piperidine rings is 1. The topological polar surface area (TPSA) is 48.9 Å². The Morgan fingerprint density at radius 3 is 2.60 bits per heavy atom. The summed E-state index contributed by atoms with van der Waals surface area (Å²) in [7, 11) is 1.71. The lowest BCUT2D eigenvalue weighted by Gasteiger charge is -2.32. The van der Waals surface area contributed by atoms with Gasteiger partial charge in [-0.25, -0.2) is 0 Å². The third-order valence-corrected chi connectivity index (χ3v) is 4.95. The maximum atomic E-state index is 12.5. The Morgan fingerprint density at radius 2 is 1.97 bits per heavy atom. The number of guanidine groups is 1. The summed E-state index contributed by atoms with van der Waals surface area (Å²) in [6, 6.07) is 7.80. The zero-order valence-corrected chi connectivity index (χ0v) is 19.7. The van der Waals surface area contributed by atoms with Crippen LogP contribution in [0.15, 0.2) is 41.9 Å². The fraction of sp³-hybridized carbons (Fsp3) is 0.571. The van der Waals surface area contributed by atoms with Crippen molar-refractivity contribution in [3.05, 3.63) is 42.5 Å². The molecular weight excluding hydrogens is 508 g/mol. The summed E-state index contributed by atoms with van der Waals surface area (Å²) < 4.78 is 43.1. The van der Waals surface area contributed by atoms with E-state index in [0.29, 0.717) is 38.1 Å². The Morgan fingerprint density at radius 1 is 1.27 bits per heavy atom. The first kappa shape index (κ1) is 26.5. The molecule has 0 spiro atoms. The minimum absolute atomic E-state index is 0. The molecular formula is C21H32F3IN4O. The number of nitrogens with zero attached hydrogens (tertiary/aromatic N) is 2. The van der Waals surface area contributed by atoms with Gasteiger partial charge < -0.3 is 15.4 Å². The molecule has 0 aromatic heterocycles. The number of hydrogen-bond donors (Lipinski definition) is 2. The Balaban J connectivity index is 0.00000450. The van der Waals surface area contributed by atoms with Crippen molar-refractivity contribution in [2.75, 3.05) is 39.8 Å². The Kier molecular flexibility index (Phi) is 12.2. The van der Waals surface area contributed by atoms with E-state index in [1.807, 2.05) is 24.3 Å². The molecule has 0 atom stereocenters. The van der Waals surface area contributed by atoms with Crippen molar-refractivity contribution < 1.29 is 17.9 Å². The van der Waals surface area contributed by atoms with Crippen LogP contribution in [-0.4, -0.2) is 56.9 Å². The smallest absolute Gasteiger partial charge is 0.401 e. The first-order chi connectivity index (χ1) is 13.9. The van der Waals surface area contributed by atoms with Gasteiger partial charge in [-0.05, 0) is 44.3 Å². The highest BCUT2D eigenvalue weighted by Crippen LogP contribution is 2.24. The predicted molar refractivity (Wildman–Crippen MR) is 126 cm³/mol. The van der Waals surface area contributed by atoms with Crippen molar-refractivity contribution in [1.82, 2.24) is 15.5 Å². The molecule has 0 amide bonds. The highest BCUT2D eigenvalue weighted by Gasteiger charge is 2.32. The quantitative estimate of drug-likeness (QED) is 0.214. The summed E-state index contributed by atoms with van der Waals surface area (Å²) in [6.45, 7) is 5.65. The van der Waals surface area contributed by atoms with E-state index in [2.05, 4.69) is 22.2 Å². The molecule has 1 aromatic carbocycles. The predicted octanol–water partition coefficient (Wildman–Crippen LogP) is 4.20. The van der Waals surface area contributed by atoms with Gasteiger partial charge in [-0.3, -0.25) is 9.89 Å². The minimum atomic E-state index is -4.11. The Hall–Kier alpha value is -1.49. The molecule has 0 aliphatic carbocycles. The number of para-hydroxylation sites is 1. The molecule has 2 rings (SSSR count). The monoisotopic (exact) mass is 540 g/mol. The SMILES string of the molecule is C=CCOc1ccccc1CNC(=NC)NCCC1CCN(CC(F)(F)F)CC1.I. The summed E-state index contributed by atoms with van der Waals surface area (Å²) in [4.78, 5) is 5.73. The van der Waals surface area contributed by atoms with Gasteiger partial charge in [0.15, 0.2) is 5.96 Å². The molecule has 0 radical (unpaired) electrons. The van der Waals surface area contributed by atoms with Crippen LogP contribution in [0.1, 0.15) is 24.8 Å². The average Bonchev–Trinajstić information content (AvgIpc) is 2.69. The van der Waals surface area contributed by atoms with Crippen LogP contribution < -0.4 is 15.4 Å². The Labute approximate surface area is 194 Å². The van der Waals surface area contributed by atoms with E-state index in [4.69, 9.17) is 4.74 Å². The molecule has 1 fully saturated rings. The molecule has 5 nitrogen and oxygen atoms in total.